The summed E-state index contributed by atoms with van der Waals surface area (Å²) in [5.74, 6) is -0.685. The van der Waals surface area contributed by atoms with Crippen LogP contribution in [-0.2, 0) is 4.79 Å². The van der Waals surface area contributed by atoms with Gasteiger partial charge in [-0.15, -0.1) is 6.58 Å². The van der Waals surface area contributed by atoms with E-state index in [1.165, 1.54) is 4.90 Å². The molecule has 0 N–H and O–H groups in total. The molecule has 0 spiro atoms. The van der Waals surface area contributed by atoms with Crippen LogP contribution in [0.3, 0.4) is 0 Å². The highest BCUT2D eigenvalue weighted by Crippen LogP contribution is 2.35. The number of anilines is 1. The number of nitriles is 1. The molecule has 0 unspecified atom stereocenters. The van der Waals surface area contributed by atoms with Crippen LogP contribution in [0.5, 0.6) is 0 Å². The van der Waals surface area contributed by atoms with Crippen LogP contribution >= 0.6 is 0 Å². The lowest BCUT2D eigenvalue weighted by molar-refractivity contribution is -0.118. The number of para-hydroxylation sites is 2. The molecule has 3 rings (SSSR count). The number of hydrogen-bond acceptors (Lipinski definition) is 4. The molecule has 0 aliphatic carbocycles. The van der Waals surface area contributed by atoms with E-state index in [9.17, 15) is 4.79 Å². The fourth-order valence-electron chi connectivity index (χ4n) is 2.20. The summed E-state index contributed by atoms with van der Waals surface area (Å²) in [4.78, 5) is 22.4. The summed E-state index contributed by atoms with van der Waals surface area (Å²) in [7, 11) is 0. The molecule has 1 aromatic heterocycles. The topological polar surface area (TPSA) is 69.9 Å². The van der Waals surface area contributed by atoms with Gasteiger partial charge in [-0.05, 0) is 12.1 Å². The lowest BCUT2D eigenvalue weighted by Crippen LogP contribution is -2.28. The average molecular weight is 250 g/mol. The number of rotatable bonds is 2. The van der Waals surface area contributed by atoms with E-state index in [0.29, 0.717) is 29.1 Å². The molecule has 2 aromatic rings. The highest BCUT2D eigenvalue weighted by atomic mass is 16.2. The van der Waals surface area contributed by atoms with Crippen LogP contribution in [0.25, 0.3) is 11.0 Å². The molecule has 0 bridgehead atoms. The number of amides is 1. The predicted molar refractivity (Wildman–Crippen MR) is 70.4 cm³/mol. The number of hydrogen-bond donors (Lipinski definition) is 0. The van der Waals surface area contributed by atoms with Crippen molar-refractivity contribution in [2.75, 3.05) is 11.4 Å². The molecule has 5 nitrogen and oxygen atoms in total. The summed E-state index contributed by atoms with van der Waals surface area (Å²) >= 11 is 0. The molecule has 0 saturated carbocycles. The van der Waals surface area contributed by atoms with Crippen molar-refractivity contribution in [1.29, 1.82) is 5.26 Å². The third-order valence-corrected chi connectivity index (χ3v) is 3.06. The number of carbonyl (C=O) groups excluding carboxylic acids is 1. The first kappa shape index (κ1) is 11.4. The SMILES string of the molecule is C=CCN1C(=O)[C@@H](C#N)c2nc3ccccc3nc21. The van der Waals surface area contributed by atoms with Crippen LogP contribution in [0.2, 0.25) is 0 Å². The van der Waals surface area contributed by atoms with Gasteiger partial charge in [-0.1, -0.05) is 18.2 Å². The van der Waals surface area contributed by atoms with Gasteiger partial charge in [0.25, 0.3) is 5.91 Å². The van der Waals surface area contributed by atoms with Gasteiger partial charge in [0.1, 0.15) is 5.69 Å². The first-order chi connectivity index (χ1) is 9.26. The number of carbonyl (C=O) groups is 1. The summed E-state index contributed by atoms with van der Waals surface area (Å²) in [6.45, 7) is 3.95. The van der Waals surface area contributed by atoms with Crippen molar-refractivity contribution in [2.45, 2.75) is 5.92 Å². The first-order valence-electron chi connectivity index (χ1n) is 5.85. The Morgan fingerprint density at radius 1 is 1.37 bits per heavy atom. The standard InChI is InChI=1S/C14H10N4O/c1-2-7-18-13-12(9(8-15)14(18)19)16-10-5-3-4-6-11(10)17-13/h2-6,9H,1,7H2/t9-/m0/s1. The molecule has 1 aliphatic heterocycles. The van der Waals surface area contributed by atoms with Gasteiger partial charge >= 0.3 is 0 Å². The Labute approximate surface area is 109 Å². The third kappa shape index (κ3) is 1.58. The Kier molecular flexibility index (Phi) is 2.50. The Hall–Kier alpha value is -2.74. The Morgan fingerprint density at radius 2 is 2.05 bits per heavy atom. The molecular weight excluding hydrogens is 240 g/mol. The second kappa shape index (κ2) is 4.18. The smallest absolute Gasteiger partial charge is 0.252 e. The van der Waals surface area contributed by atoms with Gasteiger partial charge in [0.2, 0.25) is 0 Å². The normalized spacial score (nSPS) is 17.3. The largest absolute Gasteiger partial charge is 0.290 e. The first-order valence-corrected chi connectivity index (χ1v) is 5.85. The van der Waals surface area contributed by atoms with Crippen molar-refractivity contribution in [2.24, 2.45) is 0 Å². The van der Waals surface area contributed by atoms with Crippen molar-refractivity contribution < 1.29 is 4.79 Å². The zero-order valence-electron chi connectivity index (χ0n) is 10.1. The number of fused-ring (bicyclic) bond motifs is 2. The third-order valence-electron chi connectivity index (χ3n) is 3.06. The Balaban J connectivity index is 2.27. The minimum absolute atomic E-state index is 0.285. The van der Waals surface area contributed by atoms with Crippen LogP contribution in [-0.4, -0.2) is 22.4 Å². The monoisotopic (exact) mass is 250 g/mol. The maximum Gasteiger partial charge on any atom is 0.252 e. The van der Waals surface area contributed by atoms with Gasteiger partial charge in [-0.2, -0.15) is 5.26 Å². The number of benzene rings is 1. The summed E-state index contributed by atoms with van der Waals surface area (Å²) in [6.07, 6.45) is 1.61. The summed E-state index contributed by atoms with van der Waals surface area (Å²) in [5, 5.41) is 9.15. The molecule has 0 radical (unpaired) electrons. The highest BCUT2D eigenvalue weighted by molar-refractivity contribution is 6.06. The molecule has 92 valence electrons. The minimum atomic E-state index is -0.868. The molecule has 1 atom stereocenters. The second-order valence-corrected chi connectivity index (χ2v) is 4.22. The minimum Gasteiger partial charge on any atom is -0.290 e. The predicted octanol–water partition coefficient (Wildman–Crippen LogP) is 1.77. The highest BCUT2D eigenvalue weighted by Gasteiger charge is 2.39. The fourth-order valence-corrected chi connectivity index (χ4v) is 2.20. The molecule has 0 fully saturated rings. The fraction of sp³-hybridized carbons (Fsp3) is 0.143. The van der Waals surface area contributed by atoms with Crippen molar-refractivity contribution in [3.8, 4) is 6.07 Å². The second-order valence-electron chi connectivity index (χ2n) is 4.22. The van der Waals surface area contributed by atoms with Crippen LogP contribution in [0.4, 0.5) is 5.82 Å². The quantitative estimate of drug-likeness (QED) is 0.761. The summed E-state index contributed by atoms with van der Waals surface area (Å²) < 4.78 is 0. The average Bonchev–Trinajstić information content (AvgIpc) is 2.69. The van der Waals surface area contributed by atoms with E-state index in [2.05, 4.69) is 16.5 Å². The lowest BCUT2D eigenvalue weighted by Gasteiger charge is -2.13. The van der Waals surface area contributed by atoms with Gasteiger partial charge in [0.05, 0.1) is 17.1 Å². The molecule has 1 amide bonds. The van der Waals surface area contributed by atoms with Crippen LogP contribution in [0, 0.1) is 11.3 Å². The molecule has 5 heteroatoms. The Morgan fingerprint density at radius 3 is 2.68 bits per heavy atom. The van der Waals surface area contributed by atoms with E-state index in [0.717, 1.165) is 0 Å². The summed E-state index contributed by atoms with van der Waals surface area (Å²) in [5.41, 5.74) is 1.84. The van der Waals surface area contributed by atoms with Gasteiger partial charge in [0, 0.05) is 6.54 Å². The molecule has 2 heterocycles. The van der Waals surface area contributed by atoms with Gasteiger partial charge in [0.15, 0.2) is 11.7 Å². The van der Waals surface area contributed by atoms with E-state index in [1.54, 1.807) is 6.08 Å². The van der Waals surface area contributed by atoms with E-state index in [1.807, 2.05) is 30.3 Å². The van der Waals surface area contributed by atoms with Crippen molar-refractivity contribution in [3.05, 3.63) is 42.6 Å². The van der Waals surface area contributed by atoms with Gasteiger partial charge in [-0.3, -0.25) is 9.69 Å². The Bertz CT molecular complexity index is 732. The maximum atomic E-state index is 12.1. The number of aromatic nitrogens is 2. The van der Waals surface area contributed by atoms with E-state index < -0.39 is 5.92 Å². The van der Waals surface area contributed by atoms with E-state index >= 15 is 0 Å². The van der Waals surface area contributed by atoms with Gasteiger partial charge in [-0.25, -0.2) is 9.97 Å². The molecule has 19 heavy (non-hydrogen) atoms. The zero-order chi connectivity index (χ0) is 13.4. The van der Waals surface area contributed by atoms with E-state index in [4.69, 9.17) is 5.26 Å². The lowest BCUT2D eigenvalue weighted by atomic mass is 10.1. The zero-order valence-corrected chi connectivity index (χ0v) is 10.1. The maximum absolute atomic E-state index is 12.1. The van der Waals surface area contributed by atoms with Crippen molar-refractivity contribution in [3.63, 3.8) is 0 Å². The molecule has 1 aliphatic rings. The number of nitrogens with zero attached hydrogens (tertiary/aromatic N) is 4. The van der Waals surface area contributed by atoms with E-state index in [-0.39, 0.29) is 5.91 Å². The van der Waals surface area contributed by atoms with Crippen LogP contribution < -0.4 is 4.90 Å². The molecule has 1 aromatic carbocycles. The van der Waals surface area contributed by atoms with Crippen LogP contribution in [0.1, 0.15) is 11.6 Å². The molecule has 0 saturated heterocycles. The van der Waals surface area contributed by atoms with Crippen molar-refractivity contribution in [1.82, 2.24) is 9.97 Å². The van der Waals surface area contributed by atoms with Crippen molar-refractivity contribution >= 4 is 22.8 Å². The van der Waals surface area contributed by atoms with Gasteiger partial charge < -0.3 is 0 Å². The molecular formula is C14H10N4O. The van der Waals surface area contributed by atoms with Crippen LogP contribution in [0.15, 0.2) is 36.9 Å². The summed E-state index contributed by atoms with van der Waals surface area (Å²) in [6, 6.07) is 9.36.